The van der Waals surface area contributed by atoms with Gasteiger partial charge in [0.05, 0.1) is 6.54 Å². The SMILES string of the molecule is CC(NC(=O)C(Cc1ccccc1)NC(=O)CN)C(=O)NC(Cc1ccc(O)cc1)C(=O)O. The molecule has 0 bridgehead atoms. The van der Waals surface area contributed by atoms with Gasteiger partial charge in [-0.2, -0.15) is 0 Å². The van der Waals surface area contributed by atoms with Crippen LogP contribution in [0.3, 0.4) is 0 Å². The minimum absolute atomic E-state index is 0.00872. The van der Waals surface area contributed by atoms with Crippen molar-refractivity contribution in [2.75, 3.05) is 6.54 Å². The van der Waals surface area contributed by atoms with Gasteiger partial charge < -0.3 is 31.9 Å². The van der Waals surface area contributed by atoms with Gasteiger partial charge in [0.2, 0.25) is 17.7 Å². The van der Waals surface area contributed by atoms with Crippen LogP contribution in [0.25, 0.3) is 0 Å². The molecule has 2 rings (SSSR count). The van der Waals surface area contributed by atoms with Gasteiger partial charge in [0, 0.05) is 12.8 Å². The lowest BCUT2D eigenvalue weighted by molar-refractivity contribution is -0.142. The summed E-state index contributed by atoms with van der Waals surface area (Å²) in [4.78, 5) is 48.7. The first-order valence-corrected chi connectivity index (χ1v) is 10.3. The van der Waals surface area contributed by atoms with E-state index in [1.807, 2.05) is 6.07 Å². The van der Waals surface area contributed by atoms with Crippen molar-refractivity contribution >= 4 is 23.7 Å². The van der Waals surface area contributed by atoms with E-state index in [2.05, 4.69) is 16.0 Å². The molecule has 2 aromatic rings. The average Bonchev–Trinajstić information content (AvgIpc) is 2.79. The van der Waals surface area contributed by atoms with Crippen molar-refractivity contribution in [2.24, 2.45) is 5.73 Å². The zero-order chi connectivity index (χ0) is 24.4. The Kier molecular flexibility index (Phi) is 9.37. The highest BCUT2D eigenvalue weighted by molar-refractivity contribution is 5.93. The third-order valence-electron chi connectivity index (χ3n) is 4.86. The smallest absolute Gasteiger partial charge is 0.326 e. The van der Waals surface area contributed by atoms with Gasteiger partial charge in [0.25, 0.3) is 0 Å². The number of aromatic hydroxyl groups is 1. The first-order valence-electron chi connectivity index (χ1n) is 10.3. The number of carbonyl (C=O) groups is 4. The predicted octanol–water partition coefficient (Wildman–Crippen LogP) is -0.305. The number of phenols is 1. The highest BCUT2D eigenvalue weighted by Gasteiger charge is 2.27. The molecule has 0 spiro atoms. The molecule has 0 aliphatic heterocycles. The Morgan fingerprint density at radius 2 is 1.39 bits per heavy atom. The molecule has 10 nitrogen and oxygen atoms in total. The number of carboxylic acid groups (broad SMARTS) is 1. The van der Waals surface area contributed by atoms with Crippen LogP contribution in [-0.4, -0.2) is 58.6 Å². The van der Waals surface area contributed by atoms with Gasteiger partial charge in [0.1, 0.15) is 23.9 Å². The van der Waals surface area contributed by atoms with Crippen molar-refractivity contribution in [1.29, 1.82) is 0 Å². The van der Waals surface area contributed by atoms with Crippen molar-refractivity contribution < 1.29 is 29.4 Å². The van der Waals surface area contributed by atoms with E-state index in [0.717, 1.165) is 5.56 Å². The number of carbonyl (C=O) groups excluding carboxylic acids is 3. The number of nitrogens with one attached hydrogen (secondary N) is 3. The summed E-state index contributed by atoms with van der Waals surface area (Å²) in [6.07, 6.45) is 0.177. The molecule has 3 atom stereocenters. The Morgan fingerprint density at radius 1 is 0.818 bits per heavy atom. The molecule has 0 aromatic heterocycles. The van der Waals surface area contributed by atoms with E-state index in [0.29, 0.717) is 5.56 Å². The van der Waals surface area contributed by atoms with E-state index in [4.69, 9.17) is 5.73 Å². The van der Waals surface area contributed by atoms with E-state index in [1.165, 1.54) is 19.1 Å². The first-order chi connectivity index (χ1) is 15.7. The second-order valence-electron chi connectivity index (χ2n) is 7.51. The second kappa shape index (κ2) is 12.2. The van der Waals surface area contributed by atoms with Crippen molar-refractivity contribution in [3.05, 3.63) is 65.7 Å². The standard InChI is InChI=1S/C23H28N4O6/c1-14(21(30)27-19(23(32)33)12-16-7-9-17(28)10-8-16)25-22(31)18(26-20(29)13-24)11-15-5-3-2-4-6-15/h2-10,14,18-19,28H,11-13,24H2,1H3,(H,25,31)(H,26,29)(H,27,30)(H,32,33). The normalized spacial score (nSPS) is 13.3. The van der Waals surface area contributed by atoms with Gasteiger partial charge in [-0.15, -0.1) is 0 Å². The van der Waals surface area contributed by atoms with Crippen LogP contribution in [0.4, 0.5) is 0 Å². The van der Waals surface area contributed by atoms with Crippen LogP contribution >= 0.6 is 0 Å². The lowest BCUT2D eigenvalue weighted by atomic mass is 10.0. The molecule has 176 valence electrons. The number of nitrogens with two attached hydrogens (primary N) is 1. The summed E-state index contributed by atoms with van der Waals surface area (Å²) in [5.41, 5.74) is 6.74. The van der Waals surface area contributed by atoms with Gasteiger partial charge in [-0.05, 0) is 30.2 Å². The highest BCUT2D eigenvalue weighted by atomic mass is 16.4. The maximum absolute atomic E-state index is 12.8. The second-order valence-corrected chi connectivity index (χ2v) is 7.51. The summed E-state index contributed by atoms with van der Waals surface area (Å²) >= 11 is 0. The van der Waals surface area contributed by atoms with E-state index < -0.39 is 41.8 Å². The number of amides is 3. The van der Waals surface area contributed by atoms with Crippen LogP contribution in [0.2, 0.25) is 0 Å². The summed E-state index contributed by atoms with van der Waals surface area (Å²) in [7, 11) is 0. The molecule has 3 unspecified atom stereocenters. The number of hydrogen-bond acceptors (Lipinski definition) is 6. The maximum Gasteiger partial charge on any atom is 0.326 e. The fourth-order valence-electron chi connectivity index (χ4n) is 3.06. The molecule has 0 radical (unpaired) electrons. The number of carboxylic acids is 1. The summed E-state index contributed by atoms with van der Waals surface area (Å²) in [5.74, 6) is -3.03. The van der Waals surface area contributed by atoms with E-state index in [1.54, 1.807) is 36.4 Å². The third kappa shape index (κ3) is 8.26. The minimum Gasteiger partial charge on any atom is -0.508 e. The quantitative estimate of drug-likeness (QED) is 0.269. The molecule has 33 heavy (non-hydrogen) atoms. The Bertz CT molecular complexity index is 965. The van der Waals surface area contributed by atoms with Crippen LogP contribution < -0.4 is 21.7 Å². The van der Waals surface area contributed by atoms with Gasteiger partial charge in [-0.3, -0.25) is 14.4 Å². The number of aliphatic carboxylic acids is 1. The molecule has 3 amide bonds. The first kappa shape index (κ1) is 25.3. The molecule has 7 N–H and O–H groups in total. The van der Waals surface area contributed by atoms with Gasteiger partial charge in [-0.1, -0.05) is 42.5 Å². The van der Waals surface area contributed by atoms with Crippen LogP contribution in [0.1, 0.15) is 18.1 Å². The maximum atomic E-state index is 12.8. The van der Waals surface area contributed by atoms with Crippen molar-refractivity contribution in [3.8, 4) is 5.75 Å². The van der Waals surface area contributed by atoms with Crippen LogP contribution in [-0.2, 0) is 32.0 Å². The minimum atomic E-state index is -1.24. The molecule has 0 saturated heterocycles. The van der Waals surface area contributed by atoms with Crippen molar-refractivity contribution in [3.63, 3.8) is 0 Å². The lowest BCUT2D eigenvalue weighted by Gasteiger charge is -2.22. The predicted molar refractivity (Wildman–Crippen MR) is 120 cm³/mol. The van der Waals surface area contributed by atoms with Gasteiger partial charge in [0.15, 0.2) is 0 Å². The summed E-state index contributed by atoms with van der Waals surface area (Å²) in [5, 5.41) is 26.3. The molecule has 10 heteroatoms. The Labute approximate surface area is 191 Å². The largest absolute Gasteiger partial charge is 0.508 e. The highest BCUT2D eigenvalue weighted by Crippen LogP contribution is 2.11. The lowest BCUT2D eigenvalue weighted by Crippen LogP contribution is -2.56. The van der Waals surface area contributed by atoms with Gasteiger partial charge >= 0.3 is 5.97 Å². The average molecular weight is 456 g/mol. The van der Waals surface area contributed by atoms with E-state index >= 15 is 0 Å². The molecule has 0 aliphatic carbocycles. The third-order valence-corrected chi connectivity index (χ3v) is 4.86. The van der Waals surface area contributed by atoms with E-state index in [-0.39, 0.29) is 25.1 Å². The monoisotopic (exact) mass is 456 g/mol. The Hall–Kier alpha value is -3.92. The zero-order valence-electron chi connectivity index (χ0n) is 18.2. The van der Waals surface area contributed by atoms with Crippen LogP contribution in [0.15, 0.2) is 54.6 Å². The summed E-state index contributed by atoms with van der Waals surface area (Å²) in [6.45, 7) is 1.11. The molecule has 0 heterocycles. The van der Waals surface area contributed by atoms with Crippen molar-refractivity contribution in [2.45, 2.75) is 37.9 Å². The number of rotatable bonds is 11. The van der Waals surface area contributed by atoms with E-state index in [9.17, 15) is 29.4 Å². The molecule has 2 aromatic carbocycles. The molecule has 0 saturated carbocycles. The summed E-state index contributed by atoms with van der Waals surface area (Å²) < 4.78 is 0. The van der Waals surface area contributed by atoms with Gasteiger partial charge in [-0.25, -0.2) is 4.79 Å². The summed E-state index contributed by atoms with van der Waals surface area (Å²) in [6, 6.07) is 11.7. The fraction of sp³-hybridized carbons (Fsp3) is 0.304. The van der Waals surface area contributed by atoms with Crippen LogP contribution in [0, 0.1) is 0 Å². The Balaban J connectivity index is 2.02. The van der Waals surface area contributed by atoms with Crippen LogP contribution in [0.5, 0.6) is 5.75 Å². The molecular formula is C23H28N4O6. The molecule has 0 aliphatic rings. The zero-order valence-corrected chi connectivity index (χ0v) is 18.2. The fourth-order valence-corrected chi connectivity index (χ4v) is 3.06. The number of benzene rings is 2. The van der Waals surface area contributed by atoms with Crippen molar-refractivity contribution in [1.82, 2.24) is 16.0 Å². The number of phenolic OH excluding ortho intramolecular Hbond substituents is 1. The number of hydrogen-bond donors (Lipinski definition) is 6. The molecule has 0 fully saturated rings. The molecular weight excluding hydrogens is 428 g/mol. The topological polar surface area (TPSA) is 171 Å². The Morgan fingerprint density at radius 3 is 1.97 bits per heavy atom.